The molecular weight excluding hydrogens is 287 g/mol. The Labute approximate surface area is 100.0 Å². The van der Waals surface area contributed by atoms with E-state index in [1.807, 2.05) is 0 Å². The molecule has 0 radical (unpaired) electrons. The fourth-order valence-electron chi connectivity index (χ4n) is 1.09. The highest BCUT2D eigenvalue weighted by atomic mass is 127. The van der Waals surface area contributed by atoms with Crippen LogP contribution < -0.4 is 0 Å². The molecule has 0 bridgehead atoms. The van der Waals surface area contributed by atoms with Crippen LogP contribution in [0.2, 0.25) is 0 Å². The molecule has 0 spiro atoms. The van der Waals surface area contributed by atoms with Crippen molar-refractivity contribution in [3.8, 4) is 0 Å². The Bertz CT molecular complexity index is 254. The third kappa shape index (κ3) is 4.96. The van der Waals surface area contributed by atoms with E-state index in [0.717, 1.165) is 25.6 Å². The molecule has 14 heavy (non-hydrogen) atoms. The van der Waals surface area contributed by atoms with Crippen molar-refractivity contribution in [3.63, 3.8) is 0 Å². The largest absolute Gasteiger partial charge is 0.377 e. The van der Waals surface area contributed by atoms with E-state index >= 15 is 0 Å². The van der Waals surface area contributed by atoms with Crippen molar-refractivity contribution in [2.24, 2.45) is 5.92 Å². The molecular formula is C12H17IO. The van der Waals surface area contributed by atoms with Crippen molar-refractivity contribution in [2.75, 3.05) is 6.61 Å². The van der Waals surface area contributed by atoms with Gasteiger partial charge >= 0.3 is 0 Å². The van der Waals surface area contributed by atoms with Crippen molar-refractivity contribution in [3.05, 3.63) is 33.4 Å². The van der Waals surface area contributed by atoms with Gasteiger partial charge in [-0.2, -0.15) is 0 Å². The molecule has 2 heteroatoms. The second-order valence-electron chi connectivity index (χ2n) is 3.86. The summed E-state index contributed by atoms with van der Waals surface area (Å²) in [4.78, 5) is 0. The van der Waals surface area contributed by atoms with E-state index in [2.05, 4.69) is 60.7 Å². The molecule has 0 saturated heterocycles. The second kappa shape index (κ2) is 6.40. The molecule has 1 aromatic rings. The summed E-state index contributed by atoms with van der Waals surface area (Å²) in [7, 11) is 0. The van der Waals surface area contributed by atoms with Crippen LogP contribution >= 0.6 is 22.6 Å². The van der Waals surface area contributed by atoms with E-state index in [0.29, 0.717) is 0 Å². The number of ether oxygens (including phenoxy) is 1. The molecule has 1 nitrogen and oxygen atoms in total. The van der Waals surface area contributed by atoms with Crippen LogP contribution in [0.25, 0.3) is 0 Å². The van der Waals surface area contributed by atoms with Gasteiger partial charge in [0, 0.05) is 10.2 Å². The molecule has 0 fully saturated rings. The Morgan fingerprint density at radius 1 is 1.21 bits per heavy atom. The molecule has 78 valence electrons. The molecule has 0 heterocycles. The lowest BCUT2D eigenvalue weighted by molar-refractivity contribution is 0.110. The Morgan fingerprint density at radius 2 is 1.86 bits per heavy atom. The van der Waals surface area contributed by atoms with Crippen molar-refractivity contribution >= 4 is 22.6 Å². The average molecular weight is 304 g/mol. The van der Waals surface area contributed by atoms with E-state index in [4.69, 9.17) is 4.74 Å². The second-order valence-corrected chi connectivity index (χ2v) is 5.11. The molecule has 0 amide bonds. The number of rotatable bonds is 5. The van der Waals surface area contributed by atoms with Gasteiger partial charge in [-0.05, 0) is 52.6 Å². The minimum atomic E-state index is 0.728. The van der Waals surface area contributed by atoms with Crippen molar-refractivity contribution < 1.29 is 4.74 Å². The summed E-state index contributed by atoms with van der Waals surface area (Å²) in [6.45, 7) is 6.04. The molecule has 0 unspecified atom stereocenters. The number of halogens is 1. The van der Waals surface area contributed by atoms with Crippen LogP contribution in [0, 0.1) is 9.49 Å². The number of benzene rings is 1. The maximum atomic E-state index is 5.57. The zero-order valence-electron chi connectivity index (χ0n) is 8.79. The van der Waals surface area contributed by atoms with E-state index in [9.17, 15) is 0 Å². The summed E-state index contributed by atoms with van der Waals surface area (Å²) in [6, 6.07) is 8.47. The molecule has 1 rings (SSSR count). The first-order chi connectivity index (χ1) is 6.68. The molecule has 0 N–H and O–H groups in total. The van der Waals surface area contributed by atoms with Gasteiger partial charge in [0.25, 0.3) is 0 Å². The number of hydrogen-bond acceptors (Lipinski definition) is 1. The fraction of sp³-hybridized carbons (Fsp3) is 0.500. The minimum Gasteiger partial charge on any atom is -0.377 e. The highest BCUT2D eigenvalue weighted by Crippen LogP contribution is 2.08. The van der Waals surface area contributed by atoms with Gasteiger partial charge in [-0.15, -0.1) is 0 Å². The summed E-state index contributed by atoms with van der Waals surface area (Å²) >= 11 is 2.31. The Hall–Kier alpha value is -0.0900. The van der Waals surface area contributed by atoms with Gasteiger partial charge in [0.1, 0.15) is 0 Å². The van der Waals surface area contributed by atoms with Crippen molar-refractivity contribution in [1.82, 2.24) is 0 Å². The summed E-state index contributed by atoms with van der Waals surface area (Å²) in [5.74, 6) is 0.728. The Kier molecular flexibility index (Phi) is 5.48. The van der Waals surface area contributed by atoms with Crippen LogP contribution in [0.15, 0.2) is 24.3 Å². The summed E-state index contributed by atoms with van der Waals surface area (Å²) < 4.78 is 6.84. The van der Waals surface area contributed by atoms with Gasteiger partial charge in [0.15, 0.2) is 0 Å². The first kappa shape index (κ1) is 12.0. The van der Waals surface area contributed by atoms with E-state index in [1.165, 1.54) is 9.13 Å². The lowest BCUT2D eigenvalue weighted by Gasteiger charge is -2.06. The van der Waals surface area contributed by atoms with Gasteiger partial charge in [0.2, 0.25) is 0 Å². The van der Waals surface area contributed by atoms with Gasteiger partial charge in [-0.25, -0.2) is 0 Å². The molecule has 0 aromatic heterocycles. The minimum absolute atomic E-state index is 0.728. The Balaban J connectivity index is 2.21. The third-order valence-corrected chi connectivity index (χ3v) is 2.74. The molecule has 1 aromatic carbocycles. The maximum Gasteiger partial charge on any atom is 0.0716 e. The van der Waals surface area contributed by atoms with Crippen LogP contribution in [0.1, 0.15) is 25.8 Å². The fourth-order valence-corrected chi connectivity index (χ4v) is 1.45. The monoisotopic (exact) mass is 304 g/mol. The lowest BCUT2D eigenvalue weighted by Crippen LogP contribution is -1.99. The van der Waals surface area contributed by atoms with Crippen LogP contribution in [0.5, 0.6) is 0 Å². The quantitative estimate of drug-likeness (QED) is 0.593. The zero-order chi connectivity index (χ0) is 10.4. The molecule has 0 saturated carbocycles. The van der Waals surface area contributed by atoms with Crippen LogP contribution in [0.3, 0.4) is 0 Å². The SMILES string of the molecule is CC(C)CCOCc1ccc(I)cc1. The molecule has 0 aliphatic carbocycles. The molecule has 0 aliphatic heterocycles. The third-order valence-electron chi connectivity index (χ3n) is 2.02. The van der Waals surface area contributed by atoms with Crippen LogP contribution in [-0.4, -0.2) is 6.61 Å². The van der Waals surface area contributed by atoms with Crippen LogP contribution in [0.4, 0.5) is 0 Å². The smallest absolute Gasteiger partial charge is 0.0716 e. The molecule has 0 atom stereocenters. The maximum absolute atomic E-state index is 5.57. The van der Waals surface area contributed by atoms with Crippen LogP contribution in [-0.2, 0) is 11.3 Å². The van der Waals surface area contributed by atoms with Crippen molar-refractivity contribution in [2.45, 2.75) is 26.9 Å². The normalized spacial score (nSPS) is 10.9. The predicted octanol–water partition coefficient (Wildman–Crippen LogP) is 3.85. The predicted molar refractivity (Wildman–Crippen MR) is 68.3 cm³/mol. The average Bonchev–Trinajstić information content (AvgIpc) is 2.15. The van der Waals surface area contributed by atoms with Gasteiger partial charge in [0.05, 0.1) is 6.61 Å². The van der Waals surface area contributed by atoms with E-state index < -0.39 is 0 Å². The topological polar surface area (TPSA) is 9.23 Å². The standard InChI is InChI=1S/C12H17IO/c1-10(2)7-8-14-9-11-3-5-12(13)6-4-11/h3-6,10H,7-9H2,1-2H3. The summed E-state index contributed by atoms with van der Waals surface area (Å²) in [6.07, 6.45) is 1.14. The first-order valence-electron chi connectivity index (χ1n) is 5.00. The zero-order valence-corrected chi connectivity index (χ0v) is 11.0. The van der Waals surface area contributed by atoms with E-state index in [1.54, 1.807) is 0 Å². The number of hydrogen-bond donors (Lipinski definition) is 0. The first-order valence-corrected chi connectivity index (χ1v) is 6.08. The van der Waals surface area contributed by atoms with Crippen molar-refractivity contribution in [1.29, 1.82) is 0 Å². The summed E-state index contributed by atoms with van der Waals surface area (Å²) in [5.41, 5.74) is 1.26. The summed E-state index contributed by atoms with van der Waals surface area (Å²) in [5, 5.41) is 0. The van der Waals surface area contributed by atoms with Gasteiger partial charge < -0.3 is 4.74 Å². The molecule has 0 aliphatic rings. The Morgan fingerprint density at radius 3 is 2.43 bits per heavy atom. The van der Waals surface area contributed by atoms with Gasteiger partial charge in [-0.1, -0.05) is 26.0 Å². The highest BCUT2D eigenvalue weighted by Gasteiger charge is 1.95. The highest BCUT2D eigenvalue weighted by molar-refractivity contribution is 14.1. The lowest BCUT2D eigenvalue weighted by atomic mass is 10.1. The van der Waals surface area contributed by atoms with E-state index in [-0.39, 0.29) is 0 Å². The van der Waals surface area contributed by atoms with Gasteiger partial charge in [-0.3, -0.25) is 0 Å².